The van der Waals surface area contributed by atoms with Gasteiger partial charge in [0.05, 0.1) is 6.04 Å². The summed E-state index contributed by atoms with van der Waals surface area (Å²) >= 11 is 0. The van der Waals surface area contributed by atoms with E-state index in [1.165, 1.54) is 6.92 Å². The summed E-state index contributed by atoms with van der Waals surface area (Å²) < 4.78 is 5.11. The molecule has 0 aromatic heterocycles. The zero-order chi connectivity index (χ0) is 19.9. The number of ketones is 1. The van der Waals surface area contributed by atoms with Crippen molar-refractivity contribution in [3.8, 4) is 0 Å². The molecule has 144 valence electrons. The highest BCUT2D eigenvalue weighted by Gasteiger charge is 2.41. The zero-order valence-corrected chi connectivity index (χ0v) is 15.8. The third kappa shape index (κ3) is 4.74. The molecule has 1 aliphatic heterocycles. The Morgan fingerprint density at radius 2 is 1.75 bits per heavy atom. The normalized spacial score (nSPS) is 17.5. The van der Waals surface area contributed by atoms with Gasteiger partial charge in [0, 0.05) is 0 Å². The smallest absolute Gasteiger partial charge is 0.417 e. The number of allylic oxidation sites excluding steroid dienone is 1. The summed E-state index contributed by atoms with van der Waals surface area (Å²) in [6.45, 7) is 1.52. The van der Waals surface area contributed by atoms with Crippen LogP contribution in [0.2, 0.25) is 0 Å². The molecule has 28 heavy (non-hydrogen) atoms. The average Bonchev–Trinajstić information content (AvgIpc) is 3.06. The summed E-state index contributed by atoms with van der Waals surface area (Å²) in [6.07, 6.45) is 3.73. The summed E-state index contributed by atoms with van der Waals surface area (Å²) in [6, 6.07) is 18.8. The van der Waals surface area contributed by atoms with Crippen LogP contribution in [0, 0.1) is 5.92 Å². The molecule has 1 heterocycles. The van der Waals surface area contributed by atoms with E-state index in [0.29, 0.717) is 6.42 Å². The fourth-order valence-corrected chi connectivity index (χ4v) is 3.28. The molecule has 2 amide bonds. The second-order valence-corrected chi connectivity index (χ2v) is 6.84. The van der Waals surface area contributed by atoms with Gasteiger partial charge in [0.15, 0.2) is 0 Å². The highest BCUT2D eigenvalue weighted by molar-refractivity contribution is 6.06. The average molecular weight is 377 g/mol. The Balaban J connectivity index is 1.72. The van der Waals surface area contributed by atoms with Crippen molar-refractivity contribution in [3.05, 3.63) is 77.9 Å². The maximum absolute atomic E-state index is 13.0. The van der Waals surface area contributed by atoms with E-state index in [2.05, 4.69) is 0 Å². The van der Waals surface area contributed by atoms with Crippen molar-refractivity contribution in [2.75, 3.05) is 6.61 Å². The monoisotopic (exact) mass is 377 g/mol. The fraction of sp³-hybridized carbons (Fsp3) is 0.261. The third-order valence-corrected chi connectivity index (χ3v) is 4.78. The van der Waals surface area contributed by atoms with E-state index in [9.17, 15) is 14.4 Å². The number of cyclic esters (lactones) is 1. The second kappa shape index (κ2) is 9.13. The molecule has 2 aromatic carbocycles. The first-order chi connectivity index (χ1) is 13.6. The summed E-state index contributed by atoms with van der Waals surface area (Å²) in [4.78, 5) is 38.4. The second-order valence-electron chi connectivity index (χ2n) is 6.84. The van der Waals surface area contributed by atoms with Gasteiger partial charge in [-0.1, -0.05) is 72.8 Å². The number of carbonyl (C=O) groups excluding carboxylic acids is 3. The van der Waals surface area contributed by atoms with Gasteiger partial charge in [0.2, 0.25) is 5.91 Å². The van der Waals surface area contributed by atoms with Gasteiger partial charge in [-0.15, -0.1) is 0 Å². The van der Waals surface area contributed by atoms with Crippen molar-refractivity contribution in [1.29, 1.82) is 0 Å². The van der Waals surface area contributed by atoms with Gasteiger partial charge >= 0.3 is 6.09 Å². The standard InChI is InChI=1S/C23H23NO4/c1-17(25)21(14-8-13-18-9-4-2-5-10-18)22(26)24-20(16-28-23(24)27)15-19-11-6-3-7-12-19/h2-13,20-21H,14-16H2,1H3/b13-8+/t20-,21+/m0/s1. The van der Waals surface area contributed by atoms with Crippen molar-refractivity contribution in [2.24, 2.45) is 5.92 Å². The predicted molar refractivity (Wildman–Crippen MR) is 106 cm³/mol. The van der Waals surface area contributed by atoms with Crippen LogP contribution >= 0.6 is 0 Å². The van der Waals surface area contributed by atoms with Crippen molar-refractivity contribution in [3.63, 3.8) is 0 Å². The Kier molecular flexibility index (Phi) is 6.37. The van der Waals surface area contributed by atoms with E-state index in [0.717, 1.165) is 16.0 Å². The lowest BCUT2D eigenvalue weighted by atomic mass is 9.97. The van der Waals surface area contributed by atoms with Gasteiger partial charge in [-0.2, -0.15) is 0 Å². The largest absolute Gasteiger partial charge is 0.447 e. The van der Waals surface area contributed by atoms with E-state index in [1.54, 1.807) is 6.08 Å². The number of hydrogen-bond acceptors (Lipinski definition) is 4. The SMILES string of the molecule is CC(=O)[C@@H](C/C=C/c1ccccc1)C(=O)N1C(=O)OC[C@@H]1Cc1ccccc1. The number of imide groups is 1. The number of amides is 2. The minimum Gasteiger partial charge on any atom is -0.447 e. The maximum Gasteiger partial charge on any atom is 0.417 e. The van der Waals surface area contributed by atoms with Crippen LogP contribution in [0.15, 0.2) is 66.7 Å². The highest BCUT2D eigenvalue weighted by atomic mass is 16.6. The topological polar surface area (TPSA) is 63.7 Å². The van der Waals surface area contributed by atoms with Crippen LogP contribution in [0.3, 0.4) is 0 Å². The lowest BCUT2D eigenvalue weighted by molar-refractivity contribution is -0.138. The van der Waals surface area contributed by atoms with Gasteiger partial charge in [-0.25, -0.2) is 9.69 Å². The zero-order valence-electron chi connectivity index (χ0n) is 15.8. The molecule has 0 bridgehead atoms. The van der Waals surface area contributed by atoms with Crippen LogP contribution < -0.4 is 0 Å². The lowest BCUT2D eigenvalue weighted by Gasteiger charge is -2.23. The minimum atomic E-state index is -0.899. The summed E-state index contributed by atoms with van der Waals surface area (Å²) in [5.41, 5.74) is 1.99. The molecule has 0 aliphatic carbocycles. The Morgan fingerprint density at radius 1 is 1.11 bits per heavy atom. The minimum absolute atomic E-state index is 0.143. The van der Waals surface area contributed by atoms with Crippen LogP contribution in [-0.4, -0.2) is 35.3 Å². The van der Waals surface area contributed by atoms with Gasteiger partial charge in [-0.05, 0) is 30.9 Å². The molecule has 3 rings (SSSR count). The van der Waals surface area contributed by atoms with E-state index in [4.69, 9.17) is 4.74 Å². The number of hydrogen-bond donors (Lipinski definition) is 0. The van der Waals surface area contributed by atoms with Crippen LogP contribution in [0.4, 0.5) is 4.79 Å². The molecule has 2 aromatic rings. The third-order valence-electron chi connectivity index (χ3n) is 4.78. The molecule has 0 saturated carbocycles. The first-order valence-electron chi connectivity index (χ1n) is 9.32. The number of Topliss-reactive ketones (excluding diaryl/α,β-unsaturated/α-hetero) is 1. The van der Waals surface area contributed by atoms with Gasteiger partial charge < -0.3 is 4.74 Å². The van der Waals surface area contributed by atoms with Crippen LogP contribution in [0.25, 0.3) is 6.08 Å². The van der Waals surface area contributed by atoms with Crippen LogP contribution in [0.1, 0.15) is 24.5 Å². The molecule has 0 spiro atoms. The van der Waals surface area contributed by atoms with E-state index in [1.807, 2.05) is 66.7 Å². The lowest BCUT2D eigenvalue weighted by Crippen LogP contribution is -2.45. The molecule has 5 nitrogen and oxygen atoms in total. The van der Waals surface area contributed by atoms with E-state index < -0.39 is 24.0 Å². The number of ether oxygens (including phenoxy) is 1. The number of nitrogens with zero attached hydrogens (tertiary/aromatic N) is 1. The quantitative estimate of drug-likeness (QED) is 0.687. The van der Waals surface area contributed by atoms with E-state index >= 15 is 0 Å². The maximum atomic E-state index is 13.0. The number of benzene rings is 2. The van der Waals surface area contributed by atoms with Crippen molar-refractivity contribution in [2.45, 2.75) is 25.8 Å². The van der Waals surface area contributed by atoms with E-state index in [-0.39, 0.29) is 18.8 Å². The summed E-state index contributed by atoms with van der Waals surface area (Å²) in [7, 11) is 0. The summed E-state index contributed by atoms with van der Waals surface area (Å²) in [5, 5.41) is 0. The number of rotatable bonds is 7. The van der Waals surface area contributed by atoms with Crippen molar-refractivity contribution in [1.82, 2.24) is 4.90 Å². The molecule has 0 unspecified atom stereocenters. The summed E-state index contributed by atoms with van der Waals surface area (Å²) in [5.74, 6) is -1.65. The van der Waals surface area contributed by atoms with Gasteiger partial charge in [0.25, 0.3) is 0 Å². The van der Waals surface area contributed by atoms with Crippen LogP contribution in [0.5, 0.6) is 0 Å². The molecule has 0 radical (unpaired) electrons. The Morgan fingerprint density at radius 3 is 2.39 bits per heavy atom. The number of carbonyl (C=O) groups is 3. The highest BCUT2D eigenvalue weighted by Crippen LogP contribution is 2.22. The first kappa shape index (κ1) is 19.5. The predicted octanol–water partition coefficient (Wildman–Crippen LogP) is 3.89. The van der Waals surface area contributed by atoms with Crippen molar-refractivity contribution >= 4 is 23.9 Å². The van der Waals surface area contributed by atoms with Gasteiger partial charge in [-0.3, -0.25) is 9.59 Å². The molecular weight excluding hydrogens is 354 g/mol. The Labute approximate surface area is 164 Å². The molecule has 5 heteroatoms. The molecule has 0 N–H and O–H groups in total. The molecule has 1 fully saturated rings. The van der Waals surface area contributed by atoms with Gasteiger partial charge in [0.1, 0.15) is 18.3 Å². The Bertz CT molecular complexity index is 861. The first-order valence-corrected chi connectivity index (χ1v) is 9.32. The van der Waals surface area contributed by atoms with Crippen molar-refractivity contribution < 1.29 is 19.1 Å². The molecule has 2 atom stereocenters. The Hall–Kier alpha value is -3.21. The van der Waals surface area contributed by atoms with Crippen LogP contribution in [-0.2, 0) is 20.7 Å². The molecule has 1 saturated heterocycles. The molecular formula is C23H23NO4. The molecule has 1 aliphatic rings. The fourth-order valence-electron chi connectivity index (χ4n) is 3.28.